The maximum absolute atomic E-state index is 5.67. The summed E-state index contributed by atoms with van der Waals surface area (Å²) >= 11 is 0. The van der Waals surface area contributed by atoms with E-state index in [9.17, 15) is 0 Å². The first-order valence-electron chi connectivity index (χ1n) is 9.32. The molecule has 0 saturated carbocycles. The third-order valence-corrected chi connectivity index (χ3v) is 5.35. The van der Waals surface area contributed by atoms with Crippen LogP contribution in [0.15, 0.2) is 36.7 Å². The van der Waals surface area contributed by atoms with Crippen molar-refractivity contribution in [3.63, 3.8) is 0 Å². The average molecular weight is 325 g/mol. The van der Waals surface area contributed by atoms with Gasteiger partial charge in [-0.25, -0.2) is 4.98 Å². The highest BCUT2D eigenvalue weighted by Crippen LogP contribution is 2.33. The van der Waals surface area contributed by atoms with Crippen LogP contribution in [0.4, 0.5) is 0 Å². The molecule has 3 heterocycles. The smallest absolute Gasteiger partial charge is 0.0956 e. The molecule has 128 valence electrons. The van der Waals surface area contributed by atoms with Crippen molar-refractivity contribution in [2.75, 3.05) is 32.8 Å². The number of nitrogens with zero attached hydrogens (tertiary/aromatic N) is 3. The topological polar surface area (TPSA) is 30.3 Å². The van der Waals surface area contributed by atoms with Crippen LogP contribution in [0.2, 0.25) is 0 Å². The van der Waals surface area contributed by atoms with Gasteiger partial charge in [-0.15, -0.1) is 0 Å². The summed E-state index contributed by atoms with van der Waals surface area (Å²) < 4.78 is 8.05. The molecule has 0 radical (unpaired) electrons. The maximum atomic E-state index is 5.67. The Bertz CT molecular complexity index is 640. The first-order valence-corrected chi connectivity index (χ1v) is 9.32. The number of rotatable bonds is 5. The van der Waals surface area contributed by atoms with Crippen molar-refractivity contribution >= 4 is 0 Å². The Morgan fingerprint density at radius 1 is 1.04 bits per heavy atom. The molecule has 0 amide bonds. The van der Waals surface area contributed by atoms with Gasteiger partial charge in [0.25, 0.3) is 0 Å². The standard InChI is InChI=1S/C20H27N3O/c1-3-7-17(8-4-1)19-20(18-9-14-24-15-18)23(16-21-19)13-12-22-10-5-2-6-11-22/h1,3-4,7-8,16,18H,2,5-6,9-15H2. The molecule has 4 heteroatoms. The van der Waals surface area contributed by atoms with Crippen molar-refractivity contribution in [3.8, 4) is 11.3 Å². The van der Waals surface area contributed by atoms with Gasteiger partial charge in [-0.2, -0.15) is 0 Å². The number of piperidine rings is 1. The van der Waals surface area contributed by atoms with E-state index in [1.54, 1.807) is 0 Å². The molecule has 4 nitrogen and oxygen atoms in total. The molecule has 2 aliphatic rings. The van der Waals surface area contributed by atoms with E-state index < -0.39 is 0 Å². The number of ether oxygens (including phenoxy) is 1. The normalized spacial score (nSPS) is 22.1. The predicted molar refractivity (Wildman–Crippen MR) is 96.1 cm³/mol. The molecule has 0 aliphatic carbocycles. The van der Waals surface area contributed by atoms with Crippen LogP contribution in [-0.4, -0.2) is 47.3 Å². The minimum atomic E-state index is 0.476. The summed E-state index contributed by atoms with van der Waals surface area (Å²) in [4.78, 5) is 7.38. The van der Waals surface area contributed by atoms with Crippen LogP contribution in [0.25, 0.3) is 11.3 Å². The first-order chi connectivity index (χ1) is 11.9. The van der Waals surface area contributed by atoms with Crippen LogP contribution < -0.4 is 0 Å². The van der Waals surface area contributed by atoms with Gasteiger partial charge in [0.2, 0.25) is 0 Å². The molecule has 2 aliphatic heterocycles. The van der Waals surface area contributed by atoms with Crippen LogP contribution >= 0.6 is 0 Å². The highest BCUT2D eigenvalue weighted by molar-refractivity contribution is 5.62. The molecule has 0 spiro atoms. The highest BCUT2D eigenvalue weighted by Gasteiger charge is 2.26. The second kappa shape index (κ2) is 7.49. The fraction of sp³-hybridized carbons (Fsp3) is 0.550. The van der Waals surface area contributed by atoms with E-state index in [0.29, 0.717) is 5.92 Å². The molecule has 0 N–H and O–H groups in total. The van der Waals surface area contributed by atoms with E-state index in [2.05, 4.69) is 39.8 Å². The van der Waals surface area contributed by atoms with Crippen molar-refractivity contribution in [1.82, 2.24) is 14.5 Å². The molecule has 24 heavy (non-hydrogen) atoms. The van der Waals surface area contributed by atoms with Crippen LogP contribution in [0.1, 0.15) is 37.3 Å². The molecule has 2 saturated heterocycles. The van der Waals surface area contributed by atoms with Crippen LogP contribution in [0.5, 0.6) is 0 Å². The lowest BCUT2D eigenvalue weighted by atomic mass is 9.99. The molecule has 1 atom stereocenters. The quantitative estimate of drug-likeness (QED) is 0.842. The minimum absolute atomic E-state index is 0.476. The monoisotopic (exact) mass is 325 g/mol. The van der Waals surface area contributed by atoms with Crippen molar-refractivity contribution < 1.29 is 4.74 Å². The summed E-state index contributed by atoms with van der Waals surface area (Å²) in [7, 11) is 0. The SMILES string of the molecule is c1ccc(-c2ncn(CCN3CCCCC3)c2C2CCOC2)cc1. The van der Waals surface area contributed by atoms with Gasteiger partial charge in [0.05, 0.1) is 24.3 Å². The van der Waals surface area contributed by atoms with Crippen molar-refractivity contribution in [3.05, 3.63) is 42.4 Å². The minimum Gasteiger partial charge on any atom is -0.381 e. The Balaban J connectivity index is 1.57. The fourth-order valence-corrected chi connectivity index (χ4v) is 4.00. The third-order valence-electron chi connectivity index (χ3n) is 5.35. The molecule has 1 unspecified atom stereocenters. The number of hydrogen-bond donors (Lipinski definition) is 0. The molecular formula is C20H27N3O. The molecule has 1 aromatic heterocycles. The number of likely N-dealkylation sites (tertiary alicyclic amines) is 1. The number of benzene rings is 1. The van der Waals surface area contributed by atoms with Crippen molar-refractivity contribution in [2.24, 2.45) is 0 Å². The molecule has 1 aromatic carbocycles. The van der Waals surface area contributed by atoms with Gasteiger partial charge >= 0.3 is 0 Å². The van der Waals surface area contributed by atoms with Crippen molar-refractivity contribution in [1.29, 1.82) is 0 Å². The Morgan fingerprint density at radius 3 is 2.62 bits per heavy atom. The number of hydrogen-bond acceptors (Lipinski definition) is 3. The van der Waals surface area contributed by atoms with Gasteiger partial charge in [0.1, 0.15) is 0 Å². The molecule has 2 aromatic rings. The van der Waals surface area contributed by atoms with Gasteiger partial charge < -0.3 is 14.2 Å². The summed E-state index contributed by atoms with van der Waals surface area (Å²) in [6, 6.07) is 10.6. The Hall–Kier alpha value is -1.65. The Kier molecular flexibility index (Phi) is 4.95. The van der Waals surface area contributed by atoms with Crippen LogP contribution in [-0.2, 0) is 11.3 Å². The zero-order valence-electron chi connectivity index (χ0n) is 14.4. The maximum Gasteiger partial charge on any atom is 0.0956 e. The van der Waals surface area contributed by atoms with Crippen LogP contribution in [0.3, 0.4) is 0 Å². The van der Waals surface area contributed by atoms with E-state index in [1.807, 2.05) is 6.33 Å². The zero-order valence-corrected chi connectivity index (χ0v) is 14.4. The van der Waals surface area contributed by atoms with E-state index in [4.69, 9.17) is 9.72 Å². The van der Waals surface area contributed by atoms with Crippen LogP contribution in [0, 0.1) is 0 Å². The van der Waals surface area contributed by atoms with Gasteiger partial charge in [0.15, 0.2) is 0 Å². The van der Waals surface area contributed by atoms with E-state index in [1.165, 1.54) is 43.6 Å². The molecule has 4 rings (SSSR count). The number of imidazole rings is 1. The molecule has 0 bridgehead atoms. The summed E-state index contributed by atoms with van der Waals surface area (Å²) in [6.07, 6.45) is 7.24. The highest BCUT2D eigenvalue weighted by atomic mass is 16.5. The Labute approximate surface area is 144 Å². The van der Waals surface area contributed by atoms with E-state index in [0.717, 1.165) is 38.4 Å². The largest absolute Gasteiger partial charge is 0.381 e. The predicted octanol–water partition coefficient (Wildman–Crippen LogP) is 3.54. The summed E-state index contributed by atoms with van der Waals surface area (Å²) in [5, 5.41) is 0. The van der Waals surface area contributed by atoms with E-state index >= 15 is 0 Å². The summed E-state index contributed by atoms with van der Waals surface area (Å²) in [5.74, 6) is 0.476. The third kappa shape index (κ3) is 3.40. The average Bonchev–Trinajstić information content (AvgIpc) is 3.31. The van der Waals surface area contributed by atoms with Gasteiger partial charge in [-0.3, -0.25) is 0 Å². The van der Waals surface area contributed by atoms with E-state index in [-0.39, 0.29) is 0 Å². The Morgan fingerprint density at radius 2 is 1.88 bits per heavy atom. The lowest BCUT2D eigenvalue weighted by Crippen LogP contribution is -2.32. The fourth-order valence-electron chi connectivity index (χ4n) is 4.00. The van der Waals surface area contributed by atoms with Crippen molar-refractivity contribution in [2.45, 2.75) is 38.1 Å². The lowest BCUT2D eigenvalue weighted by molar-refractivity contribution is 0.192. The number of aromatic nitrogens is 2. The summed E-state index contributed by atoms with van der Waals surface area (Å²) in [6.45, 7) is 6.37. The van der Waals surface area contributed by atoms with Gasteiger partial charge in [-0.05, 0) is 32.4 Å². The van der Waals surface area contributed by atoms with Gasteiger partial charge in [0, 0.05) is 31.2 Å². The zero-order chi connectivity index (χ0) is 16.2. The first kappa shape index (κ1) is 15.9. The van der Waals surface area contributed by atoms with Gasteiger partial charge in [-0.1, -0.05) is 36.8 Å². The summed E-state index contributed by atoms with van der Waals surface area (Å²) in [5.41, 5.74) is 3.73. The second-order valence-electron chi connectivity index (χ2n) is 7.00. The second-order valence-corrected chi connectivity index (χ2v) is 7.00. The molecule has 2 fully saturated rings. The molecular weight excluding hydrogens is 298 g/mol. The lowest BCUT2D eigenvalue weighted by Gasteiger charge is -2.27.